The highest BCUT2D eigenvalue weighted by atomic mass is 16.5. The number of hydrogen-bond donors (Lipinski definition) is 1. The normalized spacial score (nSPS) is 14.9. The standard InChI is InChI=1S/C26H29NO3/c1-26(2,3)19-9-12-20(13-10-19)30-21-11-8-18-15-24(25(28)29)27-23(22(18)16-21)14-17-6-4-5-7-17/h8-13,15-17H,4-7,14H2,1-3H3,(H,28,29). The second-order valence-electron chi connectivity index (χ2n) is 9.37. The zero-order chi connectivity index (χ0) is 21.3. The van der Waals surface area contributed by atoms with E-state index in [1.807, 2.05) is 30.3 Å². The lowest BCUT2D eigenvalue weighted by Crippen LogP contribution is -2.10. The van der Waals surface area contributed by atoms with E-state index in [1.165, 1.54) is 31.2 Å². The Balaban J connectivity index is 1.66. The van der Waals surface area contributed by atoms with E-state index in [0.717, 1.165) is 34.4 Å². The molecule has 1 aliphatic rings. The van der Waals surface area contributed by atoms with Gasteiger partial charge in [0.25, 0.3) is 0 Å². The van der Waals surface area contributed by atoms with Crippen molar-refractivity contribution >= 4 is 16.7 Å². The number of hydrogen-bond acceptors (Lipinski definition) is 3. The average Bonchev–Trinajstić information content (AvgIpc) is 3.21. The zero-order valence-corrected chi connectivity index (χ0v) is 17.9. The van der Waals surface area contributed by atoms with Crippen molar-refractivity contribution in [1.82, 2.24) is 4.98 Å². The molecule has 4 heteroatoms. The topological polar surface area (TPSA) is 59.4 Å². The Labute approximate surface area is 177 Å². The van der Waals surface area contributed by atoms with Crippen LogP contribution in [-0.2, 0) is 11.8 Å². The first-order valence-corrected chi connectivity index (χ1v) is 10.7. The number of carbonyl (C=O) groups is 1. The molecule has 4 nitrogen and oxygen atoms in total. The fourth-order valence-electron chi connectivity index (χ4n) is 4.27. The number of carboxylic acids is 1. The zero-order valence-electron chi connectivity index (χ0n) is 17.9. The monoisotopic (exact) mass is 403 g/mol. The first-order valence-electron chi connectivity index (χ1n) is 10.7. The molecule has 30 heavy (non-hydrogen) atoms. The van der Waals surface area contributed by atoms with Gasteiger partial charge in [0, 0.05) is 11.1 Å². The number of benzene rings is 2. The number of fused-ring (bicyclic) bond motifs is 1. The second kappa shape index (κ2) is 8.10. The fraction of sp³-hybridized carbons (Fsp3) is 0.385. The molecule has 0 atom stereocenters. The minimum absolute atomic E-state index is 0.101. The van der Waals surface area contributed by atoms with Gasteiger partial charge in [-0.25, -0.2) is 9.78 Å². The fourth-order valence-corrected chi connectivity index (χ4v) is 4.27. The molecular formula is C26H29NO3. The van der Waals surface area contributed by atoms with Crippen molar-refractivity contribution in [3.8, 4) is 11.5 Å². The van der Waals surface area contributed by atoms with E-state index in [9.17, 15) is 9.90 Å². The third kappa shape index (κ3) is 4.48. The minimum Gasteiger partial charge on any atom is -0.477 e. The molecule has 1 N–H and O–H groups in total. The quantitative estimate of drug-likeness (QED) is 0.511. The number of ether oxygens (including phenoxy) is 1. The number of rotatable bonds is 5. The van der Waals surface area contributed by atoms with E-state index in [0.29, 0.717) is 5.92 Å². The highest BCUT2D eigenvalue weighted by Crippen LogP contribution is 2.33. The van der Waals surface area contributed by atoms with Gasteiger partial charge in [0.15, 0.2) is 0 Å². The molecule has 3 aromatic rings. The maximum absolute atomic E-state index is 11.6. The molecular weight excluding hydrogens is 374 g/mol. The summed E-state index contributed by atoms with van der Waals surface area (Å²) in [4.78, 5) is 16.0. The van der Waals surface area contributed by atoms with Gasteiger partial charge >= 0.3 is 5.97 Å². The van der Waals surface area contributed by atoms with Crippen LogP contribution in [0.3, 0.4) is 0 Å². The Morgan fingerprint density at radius 1 is 1.03 bits per heavy atom. The molecule has 0 saturated heterocycles. The molecule has 1 saturated carbocycles. The van der Waals surface area contributed by atoms with Crippen LogP contribution in [0.2, 0.25) is 0 Å². The molecule has 0 bridgehead atoms. The Hall–Kier alpha value is -2.88. The predicted octanol–water partition coefficient (Wildman–Crippen LogP) is 6.76. The highest BCUT2D eigenvalue weighted by molar-refractivity contribution is 5.94. The third-order valence-electron chi connectivity index (χ3n) is 6.02. The van der Waals surface area contributed by atoms with Crippen molar-refractivity contribution in [2.75, 3.05) is 0 Å². The summed E-state index contributed by atoms with van der Waals surface area (Å²) in [7, 11) is 0. The first-order chi connectivity index (χ1) is 14.3. The Morgan fingerprint density at radius 2 is 1.70 bits per heavy atom. The summed E-state index contributed by atoms with van der Waals surface area (Å²) >= 11 is 0. The van der Waals surface area contributed by atoms with Gasteiger partial charge in [0.05, 0.1) is 0 Å². The minimum atomic E-state index is -0.983. The first kappa shape index (κ1) is 20.4. The molecule has 0 aliphatic heterocycles. The van der Waals surface area contributed by atoms with Crippen molar-refractivity contribution in [2.45, 2.75) is 58.3 Å². The van der Waals surface area contributed by atoms with Crippen LogP contribution in [0.15, 0.2) is 48.5 Å². The molecule has 4 rings (SSSR count). The number of aromatic nitrogens is 1. The summed E-state index contributed by atoms with van der Waals surface area (Å²) in [5.74, 6) is 1.13. The number of carboxylic acid groups (broad SMARTS) is 1. The van der Waals surface area contributed by atoms with Gasteiger partial charge in [0.1, 0.15) is 17.2 Å². The lowest BCUT2D eigenvalue weighted by atomic mass is 9.87. The molecule has 0 radical (unpaired) electrons. The van der Waals surface area contributed by atoms with E-state index < -0.39 is 5.97 Å². The van der Waals surface area contributed by atoms with Crippen LogP contribution in [0.25, 0.3) is 10.8 Å². The molecule has 156 valence electrons. The summed E-state index contributed by atoms with van der Waals surface area (Å²) in [6.45, 7) is 6.57. The maximum Gasteiger partial charge on any atom is 0.354 e. The molecule has 0 amide bonds. The predicted molar refractivity (Wildman–Crippen MR) is 120 cm³/mol. The van der Waals surface area contributed by atoms with Crippen molar-refractivity contribution in [3.63, 3.8) is 0 Å². The van der Waals surface area contributed by atoms with E-state index in [4.69, 9.17) is 4.74 Å². The van der Waals surface area contributed by atoms with Gasteiger partial charge in [-0.1, -0.05) is 64.7 Å². The van der Waals surface area contributed by atoms with Crippen molar-refractivity contribution in [2.24, 2.45) is 5.92 Å². The van der Waals surface area contributed by atoms with E-state index in [-0.39, 0.29) is 11.1 Å². The molecule has 2 aromatic carbocycles. The molecule has 0 spiro atoms. The van der Waals surface area contributed by atoms with Gasteiger partial charge in [0.2, 0.25) is 0 Å². The number of nitrogens with zero attached hydrogens (tertiary/aromatic N) is 1. The van der Waals surface area contributed by atoms with Gasteiger partial charge in [-0.2, -0.15) is 0 Å². The molecule has 1 fully saturated rings. The number of pyridine rings is 1. The van der Waals surface area contributed by atoms with E-state index >= 15 is 0 Å². The van der Waals surface area contributed by atoms with Crippen LogP contribution in [0.5, 0.6) is 11.5 Å². The van der Waals surface area contributed by atoms with Gasteiger partial charge in [-0.15, -0.1) is 0 Å². The molecule has 0 unspecified atom stereocenters. The molecule has 1 aliphatic carbocycles. The van der Waals surface area contributed by atoms with Crippen molar-refractivity contribution in [3.05, 3.63) is 65.5 Å². The second-order valence-corrected chi connectivity index (χ2v) is 9.37. The van der Waals surface area contributed by atoms with Crippen molar-refractivity contribution in [1.29, 1.82) is 0 Å². The SMILES string of the molecule is CC(C)(C)c1ccc(Oc2ccc3cc(C(=O)O)nc(CC4CCCC4)c3c2)cc1. The van der Waals surface area contributed by atoms with Crippen LogP contribution in [0.4, 0.5) is 0 Å². The van der Waals surface area contributed by atoms with Crippen molar-refractivity contribution < 1.29 is 14.6 Å². The lowest BCUT2D eigenvalue weighted by Gasteiger charge is -2.19. The Morgan fingerprint density at radius 3 is 2.33 bits per heavy atom. The highest BCUT2D eigenvalue weighted by Gasteiger charge is 2.20. The molecule has 1 heterocycles. The Bertz CT molecular complexity index is 1060. The van der Waals surface area contributed by atoms with E-state index in [1.54, 1.807) is 6.07 Å². The van der Waals surface area contributed by atoms with E-state index in [2.05, 4.69) is 37.9 Å². The summed E-state index contributed by atoms with van der Waals surface area (Å²) in [5, 5.41) is 11.3. The third-order valence-corrected chi connectivity index (χ3v) is 6.02. The largest absolute Gasteiger partial charge is 0.477 e. The summed E-state index contributed by atoms with van der Waals surface area (Å²) in [6, 6.07) is 15.7. The van der Waals surface area contributed by atoms with Crippen LogP contribution in [0, 0.1) is 5.92 Å². The Kier molecular flexibility index (Phi) is 5.50. The number of aromatic carboxylic acids is 1. The van der Waals surface area contributed by atoms with Crippen LogP contribution >= 0.6 is 0 Å². The van der Waals surface area contributed by atoms with Gasteiger partial charge in [-0.05, 0) is 59.0 Å². The van der Waals surface area contributed by atoms with Gasteiger partial charge < -0.3 is 9.84 Å². The van der Waals surface area contributed by atoms with Crippen LogP contribution < -0.4 is 4.74 Å². The summed E-state index contributed by atoms with van der Waals surface area (Å²) in [6.07, 6.45) is 5.70. The average molecular weight is 404 g/mol. The maximum atomic E-state index is 11.6. The molecule has 1 aromatic heterocycles. The lowest BCUT2D eigenvalue weighted by molar-refractivity contribution is 0.0690. The van der Waals surface area contributed by atoms with Crippen LogP contribution in [-0.4, -0.2) is 16.1 Å². The summed E-state index contributed by atoms with van der Waals surface area (Å²) in [5.41, 5.74) is 2.34. The van der Waals surface area contributed by atoms with Crippen LogP contribution in [0.1, 0.15) is 68.2 Å². The van der Waals surface area contributed by atoms with Gasteiger partial charge in [-0.3, -0.25) is 0 Å². The smallest absolute Gasteiger partial charge is 0.354 e. The summed E-state index contributed by atoms with van der Waals surface area (Å²) < 4.78 is 6.11.